The fourth-order valence-electron chi connectivity index (χ4n) is 1.93. The van der Waals surface area contributed by atoms with Crippen LogP contribution in [0.1, 0.15) is 30.0 Å². The van der Waals surface area contributed by atoms with Gasteiger partial charge in [0.25, 0.3) is 0 Å². The topological polar surface area (TPSA) is 25.2 Å². The van der Waals surface area contributed by atoms with E-state index in [9.17, 15) is 4.39 Å². The molecular formula is C15H18FNOS. The first kappa shape index (κ1) is 14.2. The quantitative estimate of drug-likeness (QED) is 0.860. The van der Waals surface area contributed by atoms with Gasteiger partial charge < -0.3 is 9.73 Å². The van der Waals surface area contributed by atoms with Crippen LogP contribution < -0.4 is 5.32 Å². The van der Waals surface area contributed by atoms with Crippen molar-refractivity contribution in [2.24, 2.45) is 0 Å². The van der Waals surface area contributed by atoms with E-state index in [1.54, 1.807) is 23.9 Å². The molecule has 1 aromatic heterocycles. The fourth-order valence-corrected chi connectivity index (χ4v) is 2.37. The number of nitrogens with one attached hydrogen (secondary N) is 1. The first-order valence-electron chi connectivity index (χ1n) is 6.25. The van der Waals surface area contributed by atoms with E-state index in [-0.39, 0.29) is 11.9 Å². The van der Waals surface area contributed by atoms with Gasteiger partial charge in [-0.3, -0.25) is 0 Å². The maximum atomic E-state index is 13.6. The van der Waals surface area contributed by atoms with Crippen molar-refractivity contribution in [1.29, 1.82) is 0 Å². The third-order valence-corrected chi connectivity index (χ3v) is 3.53. The molecule has 4 heteroatoms. The fraction of sp³-hybridized carbons (Fsp3) is 0.333. The molecule has 0 spiro atoms. The van der Waals surface area contributed by atoms with Gasteiger partial charge in [-0.1, -0.05) is 18.2 Å². The van der Waals surface area contributed by atoms with Crippen LogP contribution >= 0.6 is 11.8 Å². The molecule has 2 nitrogen and oxygen atoms in total. The van der Waals surface area contributed by atoms with E-state index in [0.717, 1.165) is 17.3 Å². The maximum absolute atomic E-state index is 13.6. The van der Waals surface area contributed by atoms with Gasteiger partial charge in [-0.15, -0.1) is 0 Å². The minimum atomic E-state index is -0.176. The van der Waals surface area contributed by atoms with Gasteiger partial charge in [0.15, 0.2) is 0 Å². The zero-order chi connectivity index (χ0) is 13.7. The molecule has 0 unspecified atom stereocenters. The molecule has 1 aromatic carbocycles. The van der Waals surface area contributed by atoms with E-state index in [1.165, 1.54) is 6.07 Å². The second-order valence-electron chi connectivity index (χ2n) is 4.43. The lowest BCUT2D eigenvalue weighted by Crippen LogP contribution is -2.18. The van der Waals surface area contributed by atoms with Crippen LogP contribution in [0.5, 0.6) is 0 Å². The van der Waals surface area contributed by atoms with Crippen LogP contribution in [0.15, 0.2) is 40.8 Å². The number of rotatable bonds is 6. The summed E-state index contributed by atoms with van der Waals surface area (Å²) in [6, 6.07) is 10.7. The summed E-state index contributed by atoms with van der Waals surface area (Å²) in [5.41, 5.74) is 0.679. The Balaban J connectivity index is 1.92. The summed E-state index contributed by atoms with van der Waals surface area (Å²) < 4.78 is 19.3. The molecule has 0 aliphatic rings. The summed E-state index contributed by atoms with van der Waals surface area (Å²) in [6.45, 7) is 2.55. The van der Waals surface area contributed by atoms with Crippen LogP contribution in [0.2, 0.25) is 0 Å². The first-order chi connectivity index (χ1) is 9.20. The molecule has 1 heterocycles. The molecule has 1 N–H and O–H groups in total. The van der Waals surface area contributed by atoms with Crippen LogP contribution in [-0.2, 0) is 12.3 Å². The average molecular weight is 279 g/mol. The van der Waals surface area contributed by atoms with E-state index in [4.69, 9.17) is 4.42 Å². The smallest absolute Gasteiger partial charge is 0.127 e. The van der Waals surface area contributed by atoms with Crippen molar-refractivity contribution in [3.8, 4) is 0 Å². The Hall–Kier alpha value is -1.26. The van der Waals surface area contributed by atoms with Crippen LogP contribution in [0.25, 0.3) is 0 Å². The van der Waals surface area contributed by atoms with Gasteiger partial charge in [0, 0.05) is 11.6 Å². The monoisotopic (exact) mass is 279 g/mol. The van der Waals surface area contributed by atoms with E-state index >= 15 is 0 Å². The van der Waals surface area contributed by atoms with Gasteiger partial charge in [-0.05, 0) is 31.4 Å². The van der Waals surface area contributed by atoms with Crippen molar-refractivity contribution < 1.29 is 8.81 Å². The Bertz CT molecular complexity index is 526. The van der Waals surface area contributed by atoms with Crippen molar-refractivity contribution >= 4 is 11.8 Å². The van der Waals surface area contributed by atoms with Gasteiger partial charge in [-0.25, -0.2) is 4.39 Å². The molecule has 0 bridgehead atoms. The number of benzene rings is 1. The molecule has 0 amide bonds. The third kappa shape index (κ3) is 3.85. The summed E-state index contributed by atoms with van der Waals surface area (Å²) in [7, 11) is 0. The van der Waals surface area contributed by atoms with Crippen molar-refractivity contribution in [1.82, 2.24) is 5.32 Å². The zero-order valence-electron chi connectivity index (χ0n) is 11.2. The predicted molar refractivity (Wildman–Crippen MR) is 77.6 cm³/mol. The minimum absolute atomic E-state index is 0.0460. The Morgan fingerprint density at radius 3 is 2.68 bits per heavy atom. The van der Waals surface area contributed by atoms with E-state index < -0.39 is 0 Å². The Morgan fingerprint density at radius 2 is 1.95 bits per heavy atom. The summed E-state index contributed by atoms with van der Waals surface area (Å²) in [4.78, 5) is 0. The van der Waals surface area contributed by atoms with Gasteiger partial charge in [0.05, 0.1) is 12.3 Å². The van der Waals surface area contributed by atoms with Gasteiger partial charge in [-0.2, -0.15) is 11.8 Å². The second-order valence-corrected chi connectivity index (χ2v) is 5.29. The highest BCUT2D eigenvalue weighted by atomic mass is 32.2. The highest BCUT2D eigenvalue weighted by molar-refractivity contribution is 7.97. The first-order valence-corrected chi connectivity index (χ1v) is 7.64. The number of hydrogen-bond donors (Lipinski definition) is 1. The molecule has 0 aliphatic carbocycles. The number of hydrogen-bond acceptors (Lipinski definition) is 3. The predicted octanol–water partition coefficient (Wildman–Crippen LogP) is 4.13. The summed E-state index contributed by atoms with van der Waals surface area (Å²) in [6.07, 6.45) is 2.04. The standard InChI is InChI=1S/C15H18FNOS/c1-11(14-5-3-4-6-15(14)16)17-9-12-7-8-13(18-12)10-19-2/h3-8,11,17H,9-10H2,1-2H3/t11-/m1/s1. The lowest BCUT2D eigenvalue weighted by atomic mass is 10.1. The highest BCUT2D eigenvalue weighted by Crippen LogP contribution is 2.18. The lowest BCUT2D eigenvalue weighted by molar-refractivity contribution is 0.437. The molecule has 0 fully saturated rings. The van der Waals surface area contributed by atoms with Crippen molar-refractivity contribution in [3.05, 3.63) is 59.3 Å². The molecular weight excluding hydrogens is 261 g/mol. The Kier molecular flexibility index (Phi) is 5.05. The number of thioether (sulfide) groups is 1. The van der Waals surface area contributed by atoms with E-state index in [2.05, 4.69) is 5.32 Å². The third-order valence-electron chi connectivity index (χ3n) is 2.96. The van der Waals surface area contributed by atoms with Gasteiger partial charge >= 0.3 is 0 Å². The molecule has 0 aliphatic heterocycles. The molecule has 0 radical (unpaired) electrons. The van der Waals surface area contributed by atoms with Crippen molar-refractivity contribution in [2.75, 3.05) is 6.26 Å². The van der Waals surface area contributed by atoms with E-state index in [1.807, 2.05) is 31.4 Å². The molecule has 1 atom stereocenters. The minimum Gasteiger partial charge on any atom is -0.464 e. The average Bonchev–Trinajstić information content (AvgIpc) is 2.85. The molecule has 19 heavy (non-hydrogen) atoms. The molecule has 2 rings (SSSR count). The normalized spacial score (nSPS) is 12.6. The van der Waals surface area contributed by atoms with Crippen molar-refractivity contribution in [3.63, 3.8) is 0 Å². The summed E-state index contributed by atoms with van der Waals surface area (Å²) in [5, 5.41) is 3.27. The Labute approximate surface area is 117 Å². The maximum Gasteiger partial charge on any atom is 0.127 e. The van der Waals surface area contributed by atoms with Crippen molar-refractivity contribution in [2.45, 2.75) is 25.3 Å². The van der Waals surface area contributed by atoms with Crippen LogP contribution in [0.3, 0.4) is 0 Å². The summed E-state index contributed by atoms with van der Waals surface area (Å²) in [5.74, 6) is 2.56. The molecule has 0 saturated carbocycles. The molecule has 102 valence electrons. The SMILES string of the molecule is CSCc1ccc(CN[C@H](C)c2ccccc2F)o1. The molecule has 2 aromatic rings. The largest absolute Gasteiger partial charge is 0.464 e. The lowest BCUT2D eigenvalue weighted by Gasteiger charge is -2.13. The molecule has 0 saturated heterocycles. The van der Waals surface area contributed by atoms with Crippen LogP contribution in [0, 0.1) is 5.82 Å². The van der Waals surface area contributed by atoms with Gasteiger partial charge in [0.1, 0.15) is 17.3 Å². The number of furan rings is 1. The van der Waals surface area contributed by atoms with Gasteiger partial charge in [0.2, 0.25) is 0 Å². The highest BCUT2D eigenvalue weighted by Gasteiger charge is 2.10. The van der Waals surface area contributed by atoms with Crippen LogP contribution in [0.4, 0.5) is 4.39 Å². The zero-order valence-corrected chi connectivity index (χ0v) is 12.0. The van der Waals surface area contributed by atoms with Crippen LogP contribution in [-0.4, -0.2) is 6.26 Å². The number of halogens is 1. The van der Waals surface area contributed by atoms with E-state index in [0.29, 0.717) is 12.1 Å². The Morgan fingerprint density at radius 1 is 1.21 bits per heavy atom. The second kappa shape index (κ2) is 6.78. The summed E-state index contributed by atoms with van der Waals surface area (Å²) >= 11 is 1.73.